The van der Waals surface area contributed by atoms with E-state index in [2.05, 4.69) is 10.6 Å². The zero-order valence-corrected chi connectivity index (χ0v) is 14.2. The average molecular weight is 330 g/mol. The molecule has 0 spiro atoms. The molecule has 128 valence electrons. The fourth-order valence-corrected chi connectivity index (χ4v) is 2.45. The fourth-order valence-electron chi connectivity index (χ4n) is 2.45. The molecule has 2 N–H and O–H groups in total. The van der Waals surface area contributed by atoms with E-state index in [9.17, 15) is 9.18 Å². The Kier molecular flexibility index (Phi) is 6.32. The Morgan fingerprint density at radius 1 is 1.04 bits per heavy atom. The quantitative estimate of drug-likeness (QED) is 0.820. The first-order valence-corrected chi connectivity index (χ1v) is 7.91. The summed E-state index contributed by atoms with van der Waals surface area (Å²) in [6.07, 6.45) is 0. The molecule has 0 aliphatic carbocycles. The first-order chi connectivity index (χ1) is 11.5. The molecular formula is C19H23FN2O2. The van der Waals surface area contributed by atoms with Crippen molar-refractivity contribution in [1.82, 2.24) is 10.6 Å². The summed E-state index contributed by atoms with van der Waals surface area (Å²) in [6.45, 7) is 4.00. The lowest BCUT2D eigenvalue weighted by atomic mass is 9.98. The van der Waals surface area contributed by atoms with Crippen LogP contribution in [0.25, 0.3) is 0 Å². The first-order valence-electron chi connectivity index (χ1n) is 7.91. The lowest BCUT2D eigenvalue weighted by molar-refractivity contribution is -0.120. The maximum Gasteiger partial charge on any atom is 0.234 e. The highest BCUT2D eigenvalue weighted by Crippen LogP contribution is 2.24. The molecule has 0 radical (unpaired) electrons. The predicted octanol–water partition coefficient (Wildman–Crippen LogP) is 3.04. The lowest BCUT2D eigenvalue weighted by Gasteiger charge is -2.20. The van der Waals surface area contributed by atoms with Gasteiger partial charge in [-0.3, -0.25) is 10.1 Å². The Hall–Kier alpha value is -2.40. The van der Waals surface area contributed by atoms with Crippen LogP contribution in [-0.2, 0) is 4.79 Å². The van der Waals surface area contributed by atoms with E-state index in [1.165, 1.54) is 12.1 Å². The number of benzene rings is 2. The third-order valence-electron chi connectivity index (χ3n) is 3.57. The molecule has 0 saturated heterocycles. The van der Waals surface area contributed by atoms with Gasteiger partial charge in [0.25, 0.3) is 0 Å². The molecule has 2 aromatic carbocycles. The predicted molar refractivity (Wildman–Crippen MR) is 92.5 cm³/mol. The molecule has 0 bridgehead atoms. The van der Waals surface area contributed by atoms with Crippen molar-refractivity contribution in [3.63, 3.8) is 0 Å². The molecule has 2 rings (SSSR count). The van der Waals surface area contributed by atoms with Crippen molar-refractivity contribution in [2.45, 2.75) is 25.9 Å². The third kappa shape index (κ3) is 5.06. The topological polar surface area (TPSA) is 50.4 Å². The van der Waals surface area contributed by atoms with E-state index in [1.807, 2.05) is 38.1 Å². The molecule has 0 heterocycles. The number of methoxy groups -OCH3 is 1. The Bertz CT molecular complexity index is 654. The Labute approximate surface area is 142 Å². The molecule has 0 fully saturated rings. The van der Waals surface area contributed by atoms with Crippen LogP contribution in [0.2, 0.25) is 0 Å². The molecule has 0 aliphatic rings. The van der Waals surface area contributed by atoms with Crippen LogP contribution in [0.15, 0.2) is 48.5 Å². The molecule has 0 aromatic heterocycles. The van der Waals surface area contributed by atoms with Crippen LogP contribution in [0.3, 0.4) is 0 Å². The summed E-state index contributed by atoms with van der Waals surface area (Å²) in [7, 11) is 1.61. The second-order valence-corrected chi connectivity index (χ2v) is 5.86. The number of ether oxygens (including phenoxy) is 1. The second kappa shape index (κ2) is 8.45. The van der Waals surface area contributed by atoms with Gasteiger partial charge < -0.3 is 10.1 Å². The number of carbonyl (C=O) groups is 1. The summed E-state index contributed by atoms with van der Waals surface area (Å²) >= 11 is 0. The zero-order chi connectivity index (χ0) is 17.5. The largest absolute Gasteiger partial charge is 0.497 e. The lowest BCUT2D eigenvalue weighted by Crippen LogP contribution is -2.39. The van der Waals surface area contributed by atoms with E-state index in [0.29, 0.717) is 0 Å². The minimum atomic E-state index is -0.287. The number of hydrogen-bond acceptors (Lipinski definition) is 3. The van der Waals surface area contributed by atoms with E-state index >= 15 is 0 Å². The van der Waals surface area contributed by atoms with Crippen LogP contribution in [0.4, 0.5) is 4.39 Å². The number of nitrogens with one attached hydrogen (secondary N) is 2. The van der Waals surface area contributed by atoms with Crippen molar-refractivity contribution in [3.05, 3.63) is 65.5 Å². The summed E-state index contributed by atoms with van der Waals surface area (Å²) in [5.74, 6) is 0.393. The van der Waals surface area contributed by atoms with Gasteiger partial charge in [-0.2, -0.15) is 0 Å². The average Bonchev–Trinajstić information content (AvgIpc) is 2.56. The summed E-state index contributed by atoms with van der Waals surface area (Å²) in [4.78, 5) is 11.9. The molecule has 24 heavy (non-hydrogen) atoms. The van der Waals surface area contributed by atoms with Gasteiger partial charge in [-0.15, -0.1) is 0 Å². The van der Waals surface area contributed by atoms with Gasteiger partial charge in [0.1, 0.15) is 11.6 Å². The van der Waals surface area contributed by atoms with E-state index in [-0.39, 0.29) is 30.4 Å². The van der Waals surface area contributed by atoms with Gasteiger partial charge >= 0.3 is 0 Å². The fraction of sp³-hybridized carbons (Fsp3) is 0.316. The van der Waals surface area contributed by atoms with Crippen molar-refractivity contribution < 1.29 is 13.9 Å². The van der Waals surface area contributed by atoms with Gasteiger partial charge in [-0.1, -0.05) is 24.3 Å². The standard InChI is InChI=1S/C19H23FN2O2/c1-13(2)22-18(23)12-21-19(14-4-8-16(20)9-5-14)15-6-10-17(24-3)11-7-15/h4-11,13,19,21H,12H2,1-3H3,(H,22,23)/t19-/m1/s1. The highest BCUT2D eigenvalue weighted by Gasteiger charge is 2.16. The normalized spacial score (nSPS) is 12.0. The molecular weight excluding hydrogens is 307 g/mol. The van der Waals surface area contributed by atoms with Gasteiger partial charge in [0.05, 0.1) is 19.7 Å². The number of hydrogen-bond donors (Lipinski definition) is 2. The van der Waals surface area contributed by atoms with Gasteiger partial charge in [0.15, 0.2) is 0 Å². The van der Waals surface area contributed by atoms with E-state index in [4.69, 9.17) is 4.74 Å². The van der Waals surface area contributed by atoms with Gasteiger partial charge in [-0.25, -0.2) is 4.39 Å². The maximum absolute atomic E-state index is 13.2. The molecule has 2 aromatic rings. The monoisotopic (exact) mass is 330 g/mol. The van der Waals surface area contributed by atoms with Crippen LogP contribution in [0, 0.1) is 5.82 Å². The second-order valence-electron chi connectivity index (χ2n) is 5.86. The minimum Gasteiger partial charge on any atom is -0.497 e. The van der Waals surface area contributed by atoms with Crippen LogP contribution in [-0.4, -0.2) is 25.6 Å². The van der Waals surface area contributed by atoms with Gasteiger partial charge in [0.2, 0.25) is 5.91 Å². The van der Waals surface area contributed by atoms with Crippen LogP contribution >= 0.6 is 0 Å². The Morgan fingerprint density at radius 2 is 1.58 bits per heavy atom. The van der Waals surface area contributed by atoms with Crippen LogP contribution in [0.1, 0.15) is 31.0 Å². The van der Waals surface area contributed by atoms with E-state index < -0.39 is 0 Å². The maximum atomic E-state index is 13.2. The van der Waals surface area contributed by atoms with Gasteiger partial charge in [-0.05, 0) is 49.2 Å². The smallest absolute Gasteiger partial charge is 0.234 e. The number of halogens is 1. The van der Waals surface area contributed by atoms with Crippen LogP contribution in [0.5, 0.6) is 5.75 Å². The number of rotatable bonds is 7. The molecule has 1 atom stereocenters. The van der Waals surface area contributed by atoms with Crippen molar-refractivity contribution >= 4 is 5.91 Å². The molecule has 5 heteroatoms. The van der Waals surface area contributed by atoms with E-state index in [1.54, 1.807) is 19.2 Å². The van der Waals surface area contributed by atoms with Crippen molar-refractivity contribution in [3.8, 4) is 5.75 Å². The first kappa shape index (κ1) is 17.9. The molecule has 0 unspecified atom stereocenters. The highest BCUT2D eigenvalue weighted by atomic mass is 19.1. The number of amides is 1. The third-order valence-corrected chi connectivity index (χ3v) is 3.57. The molecule has 4 nitrogen and oxygen atoms in total. The molecule has 0 saturated carbocycles. The summed E-state index contributed by atoms with van der Waals surface area (Å²) in [5.41, 5.74) is 1.86. The summed E-state index contributed by atoms with van der Waals surface area (Å²) < 4.78 is 18.4. The highest BCUT2D eigenvalue weighted by molar-refractivity contribution is 5.78. The minimum absolute atomic E-state index is 0.0781. The molecule has 1 amide bonds. The number of carbonyl (C=O) groups excluding carboxylic acids is 1. The zero-order valence-electron chi connectivity index (χ0n) is 14.2. The van der Waals surface area contributed by atoms with Crippen molar-refractivity contribution in [1.29, 1.82) is 0 Å². The van der Waals surface area contributed by atoms with Gasteiger partial charge in [0, 0.05) is 6.04 Å². The molecule has 0 aliphatic heterocycles. The van der Waals surface area contributed by atoms with Crippen molar-refractivity contribution in [2.75, 3.05) is 13.7 Å². The Balaban J connectivity index is 2.20. The SMILES string of the molecule is COc1ccc([C@H](NCC(=O)NC(C)C)c2ccc(F)cc2)cc1. The summed E-state index contributed by atoms with van der Waals surface area (Å²) in [5, 5.41) is 6.09. The van der Waals surface area contributed by atoms with Crippen LogP contribution < -0.4 is 15.4 Å². The Morgan fingerprint density at radius 3 is 2.08 bits per heavy atom. The van der Waals surface area contributed by atoms with Crippen molar-refractivity contribution in [2.24, 2.45) is 0 Å². The van der Waals surface area contributed by atoms with E-state index in [0.717, 1.165) is 16.9 Å². The summed E-state index contributed by atoms with van der Waals surface area (Å²) in [6, 6.07) is 13.7.